The molecule has 2 aromatic rings. The van der Waals surface area contributed by atoms with Gasteiger partial charge < -0.3 is 19.5 Å². The van der Waals surface area contributed by atoms with E-state index in [1.165, 1.54) is 39.5 Å². The van der Waals surface area contributed by atoms with E-state index in [4.69, 9.17) is 14.2 Å². The molecule has 0 aliphatic rings. The van der Waals surface area contributed by atoms with Gasteiger partial charge in [-0.25, -0.2) is 4.39 Å². The van der Waals surface area contributed by atoms with Crippen molar-refractivity contribution < 1.29 is 23.4 Å². The average Bonchev–Trinajstić information content (AvgIpc) is 2.55. The van der Waals surface area contributed by atoms with Gasteiger partial charge in [-0.15, -0.1) is 0 Å². The van der Waals surface area contributed by atoms with E-state index < -0.39 is 5.82 Å². The van der Waals surface area contributed by atoms with Crippen LogP contribution in [-0.4, -0.2) is 27.2 Å². The number of benzene rings is 2. The molecule has 0 aliphatic carbocycles. The van der Waals surface area contributed by atoms with Crippen molar-refractivity contribution in [3.63, 3.8) is 0 Å². The summed E-state index contributed by atoms with van der Waals surface area (Å²) in [5.74, 6) is 0.423. The standard InChI is InChI=1S/C16H15FINO4/c1-21-13-6-9(17)4-5-12(13)19-16(20)10-7-14(22-2)15(23-3)8-11(10)18/h4-8H,1-3H3,(H,19,20). The van der Waals surface area contributed by atoms with Crippen molar-refractivity contribution in [3.8, 4) is 17.2 Å². The third-order valence-electron chi connectivity index (χ3n) is 3.13. The molecule has 0 aromatic heterocycles. The molecule has 0 fully saturated rings. The Bertz CT molecular complexity index is 736. The number of halogens is 2. The molecule has 0 spiro atoms. The Labute approximate surface area is 146 Å². The van der Waals surface area contributed by atoms with Crippen LogP contribution in [-0.2, 0) is 0 Å². The van der Waals surface area contributed by atoms with Crippen molar-refractivity contribution in [2.75, 3.05) is 26.6 Å². The first-order valence-electron chi connectivity index (χ1n) is 6.56. The normalized spacial score (nSPS) is 10.1. The molecule has 0 radical (unpaired) electrons. The third-order valence-corrected chi connectivity index (χ3v) is 4.02. The lowest BCUT2D eigenvalue weighted by Crippen LogP contribution is -2.14. The summed E-state index contributed by atoms with van der Waals surface area (Å²) >= 11 is 2.04. The molecule has 2 rings (SSSR count). The molecule has 0 heterocycles. The summed E-state index contributed by atoms with van der Waals surface area (Å²) in [4.78, 5) is 12.5. The molecule has 1 N–H and O–H groups in total. The predicted octanol–water partition coefficient (Wildman–Crippen LogP) is 3.71. The Kier molecular flexibility index (Phi) is 5.64. The Morgan fingerprint density at radius 1 is 1.00 bits per heavy atom. The number of hydrogen-bond donors (Lipinski definition) is 1. The SMILES string of the molecule is COc1cc(F)ccc1NC(=O)c1cc(OC)c(OC)cc1I. The summed E-state index contributed by atoms with van der Waals surface area (Å²) in [5, 5.41) is 2.70. The molecule has 0 unspecified atom stereocenters. The minimum atomic E-state index is -0.444. The summed E-state index contributed by atoms with van der Waals surface area (Å²) in [6.45, 7) is 0. The summed E-state index contributed by atoms with van der Waals surface area (Å²) in [6.07, 6.45) is 0. The van der Waals surface area contributed by atoms with Gasteiger partial charge in [0.1, 0.15) is 11.6 Å². The first-order chi connectivity index (χ1) is 11.0. The Morgan fingerprint density at radius 2 is 1.61 bits per heavy atom. The number of amides is 1. The molecule has 23 heavy (non-hydrogen) atoms. The smallest absolute Gasteiger partial charge is 0.256 e. The number of anilines is 1. The highest BCUT2D eigenvalue weighted by molar-refractivity contribution is 14.1. The second-order valence-corrected chi connectivity index (χ2v) is 5.65. The number of carbonyl (C=O) groups is 1. The van der Waals surface area contributed by atoms with E-state index in [0.29, 0.717) is 26.3 Å². The highest BCUT2D eigenvalue weighted by atomic mass is 127. The van der Waals surface area contributed by atoms with Crippen molar-refractivity contribution in [1.29, 1.82) is 0 Å². The molecular formula is C16H15FINO4. The van der Waals surface area contributed by atoms with Gasteiger partial charge in [-0.2, -0.15) is 0 Å². The Morgan fingerprint density at radius 3 is 2.22 bits per heavy atom. The molecule has 0 saturated carbocycles. The summed E-state index contributed by atoms with van der Waals surface area (Å²) < 4.78 is 29.4. The molecule has 7 heteroatoms. The minimum absolute atomic E-state index is 0.244. The van der Waals surface area contributed by atoms with Crippen molar-refractivity contribution in [1.82, 2.24) is 0 Å². The van der Waals surface area contributed by atoms with Crippen LogP contribution in [0.15, 0.2) is 30.3 Å². The van der Waals surface area contributed by atoms with Crippen molar-refractivity contribution in [2.45, 2.75) is 0 Å². The number of methoxy groups -OCH3 is 3. The van der Waals surface area contributed by atoms with Gasteiger partial charge in [0.25, 0.3) is 5.91 Å². The monoisotopic (exact) mass is 431 g/mol. The van der Waals surface area contributed by atoms with Crippen LogP contribution in [0, 0.1) is 9.39 Å². The molecule has 0 aliphatic heterocycles. The minimum Gasteiger partial charge on any atom is -0.494 e. The zero-order valence-electron chi connectivity index (χ0n) is 12.8. The van der Waals surface area contributed by atoms with Gasteiger partial charge in [0.15, 0.2) is 11.5 Å². The number of hydrogen-bond acceptors (Lipinski definition) is 4. The second-order valence-electron chi connectivity index (χ2n) is 4.49. The fraction of sp³-hybridized carbons (Fsp3) is 0.188. The topological polar surface area (TPSA) is 56.8 Å². The van der Waals surface area contributed by atoms with E-state index >= 15 is 0 Å². The van der Waals surface area contributed by atoms with Gasteiger partial charge in [-0.3, -0.25) is 4.79 Å². The molecule has 122 valence electrons. The van der Waals surface area contributed by atoms with E-state index in [2.05, 4.69) is 5.32 Å². The second kappa shape index (κ2) is 7.49. The number of ether oxygens (including phenoxy) is 3. The van der Waals surface area contributed by atoms with E-state index in [1.807, 2.05) is 22.6 Å². The molecule has 5 nitrogen and oxygen atoms in total. The largest absolute Gasteiger partial charge is 0.494 e. The molecule has 0 saturated heterocycles. The van der Waals surface area contributed by atoms with Gasteiger partial charge in [-0.05, 0) is 46.9 Å². The first-order valence-corrected chi connectivity index (χ1v) is 7.64. The van der Waals surface area contributed by atoms with Crippen molar-refractivity contribution >= 4 is 34.2 Å². The van der Waals surface area contributed by atoms with E-state index in [9.17, 15) is 9.18 Å². The average molecular weight is 431 g/mol. The maximum absolute atomic E-state index is 13.2. The van der Waals surface area contributed by atoms with E-state index in [0.717, 1.165) is 0 Å². The number of nitrogens with one attached hydrogen (secondary N) is 1. The zero-order valence-corrected chi connectivity index (χ0v) is 14.9. The summed E-state index contributed by atoms with van der Waals surface area (Å²) in [6, 6.07) is 7.19. The van der Waals surface area contributed by atoms with Crippen LogP contribution in [0.2, 0.25) is 0 Å². The lowest BCUT2D eigenvalue weighted by molar-refractivity contribution is 0.102. The molecule has 2 aromatic carbocycles. The van der Waals surface area contributed by atoms with Gasteiger partial charge >= 0.3 is 0 Å². The van der Waals surface area contributed by atoms with Crippen LogP contribution in [0.1, 0.15) is 10.4 Å². The summed E-state index contributed by atoms with van der Waals surface area (Å²) in [5.41, 5.74) is 0.791. The predicted molar refractivity (Wildman–Crippen MR) is 93.2 cm³/mol. The van der Waals surface area contributed by atoms with Crippen LogP contribution < -0.4 is 19.5 Å². The van der Waals surface area contributed by atoms with Crippen LogP contribution in [0.5, 0.6) is 17.2 Å². The molecule has 0 atom stereocenters. The highest BCUT2D eigenvalue weighted by Crippen LogP contribution is 2.32. The zero-order chi connectivity index (χ0) is 17.0. The lowest BCUT2D eigenvalue weighted by atomic mass is 10.1. The molecular weight excluding hydrogens is 416 g/mol. The number of rotatable bonds is 5. The van der Waals surface area contributed by atoms with Crippen LogP contribution in [0.3, 0.4) is 0 Å². The first kappa shape index (κ1) is 17.3. The van der Waals surface area contributed by atoms with Gasteiger partial charge in [-0.1, -0.05) is 0 Å². The van der Waals surface area contributed by atoms with Crippen molar-refractivity contribution in [2.24, 2.45) is 0 Å². The van der Waals surface area contributed by atoms with Gasteiger partial charge in [0.2, 0.25) is 0 Å². The maximum Gasteiger partial charge on any atom is 0.256 e. The highest BCUT2D eigenvalue weighted by Gasteiger charge is 2.17. The van der Waals surface area contributed by atoms with Crippen LogP contribution in [0.25, 0.3) is 0 Å². The van der Waals surface area contributed by atoms with Gasteiger partial charge in [0.05, 0.1) is 32.6 Å². The van der Waals surface area contributed by atoms with Crippen molar-refractivity contribution in [3.05, 3.63) is 45.3 Å². The Balaban J connectivity index is 2.34. The Hall–Kier alpha value is -2.03. The fourth-order valence-electron chi connectivity index (χ4n) is 1.99. The summed E-state index contributed by atoms with van der Waals surface area (Å²) in [7, 11) is 4.43. The fourth-order valence-corrected chi connectivity index (χ4v) is 2.67. The molecule has 0 bridgehead atoms. The lowest BCUT2D eigenvalue weighted by Gasteiger charge is -2.13. The van der Waals surface area contributed by atoms with Crippen LogP contribution in [0.4, 0.5) is 10.1 Å². The van der Waals surface area contributed by atoms with Crippen LogP contribution >= 0.6 is 22.6 Å². The number of carbonyl (C=O) groups excluding carboxylic acids is 1. The quantitative estimate of drug-likeness (QED) is 0.734. The van der Waals surface area contributed by atoms with Gasteiger partial charge in [0, 0.05) is 9.64 Å². The molecule has 1 amide bonds. The van der Waals surface area contributed by atoms with E-state index in [-0.39, 0.29) is 11.7 Å². The maximum atomic E-state index is 13.2. The van der Waals surface area contributed by atoms with E-state index in [1.54, 1.807) is 12.1 Å². The third kappa shape index (κ3) is 3.84.